The van der Waals surface area contributed by atoms with E-state index >= 15 is 0 Å². The van der Waals surface area contributed by atoms with Gasteiger partial charge in [-0.2, -0.15) is 13.2 Å². The molecule has 114 valence electrons. The third-order valence-corrected chi connectivity index (χ3v) is 3.71. The van der Waals surface area contributed by atoms with Crippen molar-refractivity contribution in [1.29, 1.82) is 0 Å². The van der Waals surface area contributed by atoms with Gasteiger partial charge in [-0.25, -0.2) is 0 Å². The zero-order chi connectivity index (χ0) is 14.5. The molecule has 0 aromatic carbocycles. The predicted octanol–water partition coefficient (Wildman–Crippen LogP) is 2.27. The molecule has 0 aliphatic heterocycles. The van der Waals surface area contributed by atoms with E-state index in [1.54, 1.807) is 7.11 Å². The van der Waals surface area contributed by atoms with E-state index < -0.39 is 12.7 Å². The Morgan fingerprint density at radius 1 is 1.32 bits per heavy atom. The van der Waals surface area contributed by atoms with Crippen molar-refractivity contribution in [3.05, 3.63) is 0 Å². The van der Waals surface area contributed by atoms with Crippen LogP contribution in [0.4, 0.5) is 13.2 Å². The zero-order valence-electron chi connectivity index (χ0n) is 12.0. The van der Waals surface area contributed by atoms with E-state index in [0.29, 0.717) is 25.1 Å². The average Bonchev–Trinajstić information content (AvgIpc) is 3.11. The third-order valence-electron chi connectivity index (χ3n) is 3.71. The molecule has 0 saturated heterocycles. The summed E-state index contributed by atoms with van der Waals surface area (Å²) in [6.45, 7) is 4.93. The van der Waals surface area contributed by atoms with E-state index in [9.17, 15) is 13.2 Å². The van der Waals surface area contributed by atoms with Crippen LogP contribution < -0.4 is 5.32 Å². The van der Waals surface area contributed by atoms with E-state index in [1.807, 2.05) is 6.92 Å². The summed E-state index contributed by atoms with van der Waals surface area (Å²) in [7, 11) is 1.65. The summed E-state index contributed by atoms with van der Waals surface area (Å²) in [6.07, 6.45) is -1.68. The number of nitrogens with zero attached hydrogens (tertiary/aromatic N) is 1. The standard InChI is InChI=1S/C13H25F3N2O/c1-10(8-17-9-13(14,15)16)18(6-7-19-3)11(2)12-4-5-12/h10-12,17H,4-9H2,1-3H3. The van der Waals surface area contributed by atoms with Crippen LogP contribution in [-0.4, -0.2) is 56.5 Å². The Hall–Kier alpha value is -0.330. The average molecular weight is 282 g/mol. The fourth-order valence-electron chi connectivity index (χ4n) is 2.41. The molecule has 1 aliphatic carbocycles. The molecule has 1 fully saturated rings. The van der Waals surface area contributed by atoms with Gasteiger partial charge in [-0.3, -0.25) is 4.90 Å². The quantitative estimate of drug-likeness (QED) is 0.702. The van der Waals surface area contributed by atoms with Gasteiger partial charge in [0.25, 0.3) is 0 Å². The second kappa shape index (κ2) is 7.45. The number of ether oxygens (including phenoxy) is 1. The summed E-state index contributed by atoms with van der Waals surface area (Å²) < 4.78 is 41.4. The van der Waals surface area contributed by atoms with Gasteiger partial charge < -0.3 is 10.1 Å². The van der Waals surface area contributed by atoms with Crippen molar-refractivity contribution < 1.29 is 17.9 Å². The van der Waals surface area contributed by atoms with Crippen molar-refractivity contribution in [2.75, 3.05) is 33.4 Å². The molecule has 0 spiro atoms. The molecule has 2 unspecified atom stereocenters. The minimum Gasteiger partial charge on any atom is -0.383 e. The molecule has 0 radical (unpaired) electrons. The molecule has 1 rings (SSSR count). The molecule has 0 aromatic heterocycles. The number of halogens is 3. The van der Waals surface area contributed by atoms with Crippen LogP contribution >= 0.6 is 0 Å². The molecule has 0 heterocycles. The number of methoxy groups -OCH3 is 1. The summed E-state index contributed by atoms with van der Waals surface area (Å²) >= 11 is 0. The molecule has 2 atom stereocenters. The minimum absolute atomic E-state index is 0.0769. The van der Waals surface area contributed by atoms with Crippen molar-refractivity contribution in [3.63, 3.8) is 0 Å². The Bertz CT molecular complexity index is 257. The maximum atomic E-state index is 12.1. The lowest BCUT2D eigenvalue weighted by Crippen LogP contribution is -2.48. The van der Waals surface area contributed by atoms with Crippen LogP contribution in [0, 0.1) is 5.92 Å². The summed E-state index contributed by atoms with van der Waals surface area (Å²) in [5, 5.41) is 2.49. The molecule has 1 saturated carbocycles. The topological polar surface area (TPSA) is 24.5 Å². The second-order valence-electron chi connectivity index (χ2n) is 5.40. The molecular weight excluding hydrogens is 257 g/mol. The number of rotatable bonds is 9. The van der Waals surface area contributed by atoms with Crippen molar-refractivity contribution in [2.45, 2.75) is 44.9 Å². The Balaban J connectivity index is 2.39. The monoisotopic (exact) mass is 282 g/mol. The molecule has 1 N–H and O–H groups in total. The lowest BCUT2D eigenvalue weighted by atomic mass is 10.1. The van der Waals surface area contributed by atoms with Crippen molar-refractivity contribution in [2.24, 2.45) is 5.92 Å². The first kappa shape index (κ1) is 16.7. The van der Waals surface area contributed by atoms with Crippen LogP contribution in [0.3, 0.4) is 0 Å². The van der Waals surface area contributed by atoms with Crippen molar-refractivity contribution >= 4 is 0 Å². The Kier molecular flexibility index (Phi) is 6.56. The van der Waals surface area contributed by atoms with Crippen LogP contribution in [0.25, 0.3) is 0 Å². The molecule has 1 aliphatic rings. The van der Waals surface area contributed by atoms with Gasteiger partial charge in [-0.1, -0.05) is 0 Å². The van der Waals surface area contributed by atoms with Crippen LogP contribution in [-0.2, 0) is 4.74 Å². The summed E-state index contributed by atoms with van der Waals surface area (Å²) in [5.74, 6) is 0.696. The smallest absolute Gasteiger partial charge is 0.383 e. The van der Waals surface area contributed by atoms with Gasteiger partial charge in [-0.15, -0.1) is 0 Å². The molecular formula is C13H25F3N2O. The second-order valence-corrected chi connectivity index (χ2v) is 5.40. The maximum Gasteiger partial charge on any atom is 0.401 e. The third kappa shape index (κ3) is 6.58. The van der Waals surface area contributed by atoms with Gasteiger partial charge in [0.2, 0.25) is 0 Å². The lowest BCUT2D eigenvalue weighted by Gasteiger charge is -2.35. The first-order chi connectivity index (χ1) is 8.85. The van der Waals surface area contributed by atoms with E-state index in [0.717, 1.165) is 6.54 Å². The van der Waals surface area contributed by atoms with Gasteiger partial charge in [0, 0.05) is 32.3 Å². The number of hydrogen-bond acceptors (Lipinski definition) is 3. The molecule has 19 heavy (non-hydrogen) atoms. The van der Waals surface area contributed by atoms with Crippen LogP contribution in [0.5, 0.6) is 0 Å². The van der Waals surface area contributed by atoms with Crippen molar-refractivity contribution in [1.82, 2.24) is 10.2 Å². The Morgan fingerprint density at radius 2 is 1.95 bits per heavy atom. The van der Waals surface area contributed by atoms with Gasteiger partial charge in [-0.05, 0) is 32.6 Å². The first-order valence-corrected chi connectivity index (χ1v) is 6.87. The molecule has 0 bridgehead atoms. The van der Waals surface area contributed by atoms with Crippen LogP contribution in [0.1, 0.15) is 26.7 Å². The number of nitrogens with one attached hydrogen (secondary N) is 1. The minimum atomic E-state index is -4.14. The van der Waals surface area contributed by atoms with Gasteiger partial charge in [0.05, 0.1) is 13.2 Å². The largest absolute Gasteiger partial charge is 0.401 e. The van der Waals surface area contributed by atoms with Gasteiger partial charge >= 0.3 is 6.18 Å². The van der Waals surface area contributed by atoms with Gasteiger partial charge in [0.15, 0.2) is 0 Å². The van der Waals surface area contributed by atoms with Crippen molar-refractivity contribution in [3.8, 4) is 0 Å². The Morgan fingerprint density at radius 3 is 2.42 bits per heavy atom. The summed E-state index contributed by atoms with van der Waals surface area (Å²) in [4.78, 5) is 2.25. The molecule has 0 amide bonds. The van der Waals surface area contributed by atoms with Crippen LogP contribution in [0.15, 0.2) is 0 Å². The molecule has 3 nitrogen and oxygen atoms in total. The molecule has 6 heteroatoms. The van der Waals surface area contributed by atoms with E-state index in [4.69, 9.17) is 4.74 Å². The highest BCUT2D eigenvalue weighted by Crippen LogP contribution is 2.35. The SMILES string of the molecule is COCCN(C(C)CNCC(F)(F)F)C(C)C1CC1. The summed E-state index contributed by atoms with van der Waals surface area (Å²) in [6, 6.07) is 0.492. The highest BCUT2D eigenvalue weighted by molar-refractivity contribution is 4.87. The highest BCUT2D eigenvalue weighted by atomic mass is 19.4. The number of alkyl halides is 3. The van der Waals surface area contributed by atoms with E-state index in [1.165, 1.54) is 12.8 Å². The van der Waals surface area contributed by atoms with Crippen LogP contribution in [0.2, 0.25) is 0 Å². The predicted molar refractivity (Wildman–Crippen MR) is 69.2 cm³/mol. The highest BCUT2D eigenvalue weighted by Gasteiger charge is 2.34. The first-order valence-electron chi connectivity index (χ1n) is 6.87. The van der Waals surface area contributed by atoms with E-state index in [2.05, 4.69) is 17.1 Å². The maximum absolute atomic E-state index is 12.1. The zero-order valence-corrected chi connectivity index (χ0v) is 12.0. The lowest BCUT2D eigenvalue weighted by molar-refractivity contribution is -0.125. The fourth-order valence-corrected chi connectivity index (χ4v) is 2.41. The normalized spacial score (nSPS) is 19.7. The fraction of sp³-hybridized carbons (Fsp3) is 1.00. The number of hydrogen-bond donors (Lipinski definition) is 1. The molecule has 0 aromatic rings. The Labute approximate surface area is 113 Å². The van der Waals surface area contributed by atoms with E-state index in [-0.39, 0.29) is 6.04 Å². The van der Waals surface area contributed by atoms with Gasteiger partial charge in [0.1, 0.15) is 0 Å². The summed E-state index contributed by atoms with van der Waals surface area (Å²) in [5.41, 5.74) is 0.